The van der Waals surface area contributed by atoms with Crippen LogP contribution in [0.1, 0.15) is 23.1 Å². The quantitative estimate of drug-likeness (QED) is 0.801. The predicted octanol–water partition coefficient (Wildman–Crippen LogP) is 2.02. The molecule has 1 amide bonds. The SMILES string of the molecule is CN(CCc1ccccc1)C1(C(=O)N2CCC3NNCC3C2)Cc2ccccc2C1. The molecule has 2 aromatic rings. The molecule has 30 heavy (non-hydrogen) atoms. The summed E-state index contributed by atoms with van der Waals surface area (Å²) in [5.41, 5.74) is 10.2. The van der Waals surface area contributed by atoms with Gasteiger partial charge in [-0.05, 0) is 36.6 Å². The molecule has 1 aliphatic carbocycles. The molecule has 0 spiro atoms. The maximum Gasteiger partial charge on any atom is 0.243 e. The van der Waals surface area contributed by atoms with Gasteiger partial charge in [-0.25, -0.2) is 0 Å². The van der Waals surface area contributed by atoms with Crippen LogP contribution in [0.15, 0.2) is 54.6 Å². The summed E-state index contributed by atoms with van der Waals surface area (Å²) in [7, 11) is 2.15. The highest BCUT2D eigenvalue weighted by Gasteiger charge is 2.50. The van der Waals surface area contributed by atoms with E-state index in [1.165, 1.54) is 16.7 Å². The Bertz CT molecular complexity index is 874. The van der Waals surface area contributed by atoms with Crippen molar-refractivity contribution in [2.45, 2.75) is 37.3 Å². The third kappa shape index (κ3) is 3.55. The minimum absolute atomic E-state index is 0.319. The molecular formula is C25H32N4O. The summed E-state index contributed by atoms with van der Waals surface area (Å²) in [5, 5.41) is 0. The van der Waals surface area contributed by atoms with Crippen LogP contribution in [0.5, 0.6) is 0 Å². The van der Waals surface area contributed by atoms with Gasteiger partial charge in [0.1, 0.15) is 5.54 Å². The maximum atomic E-state index is 14.1. The zero-order chi connectivity index (χ0) is 20.6. The number of carbonyl (C=O) groups excluding carboxylic acids is 1. The molecule has 0 bridgehead atoms. The van der Waals surface area contributed by atoms with Crippen molar-refractivity contribution in [1.82, 2.24) is 20.7 Å². The van der Waals surface area contributed by atoms with Crippen molar-refractivity contribution in [3.63, 3.8) is 0 Å². The minimum atomic E-state index is -0.467. The first-order valence-corrected chi connectivity index (χ1v) is 11.3. The Morgan fingerprint density at radius 2 is 1.80 bits per heavy atom. The van der Waals surface area contributed by atoms with Crippen molar-refractivity contribution in [3.8, 4) is 0 Å². The van der Waals surface area contributed by atoms with Gasteiger partial charge in [0.15, 0.2) is 0 Å². The molecule has 5 rings (SSSR count). The number of amides is 1. The lowest BCUT2D eigenvalue weighted by molar-refractivity contribution is -0.145. The minimum Gasteiger partial charge on any atom is -0.341 e. The van der Waals surface area contributed by atoms with Crippen LogP contribution in [0.2, 0.25) is 0 Å². The topological polar surface area (TPSA) is 47.6 Å². The molecule has 0 aromatic heterocycles. The van der Waals surface area contributed by atoms with E-state index in [2.05, 4.69) is 82.3 Å². The Kier molecular flexibility index (Phi) is 5.35. The predicted molar refractivity (Wildman–Crippen MR) is 119 cm³/mol. The standard InChI is InChI=1S/C25H32N4O/c1-28(13-11-19-7-3-2-4-8-19)25(15-20-9-5-6-10-21(20)16-25)24(30)29-14-12-23-22(18-29)17-26-27-23/h2-10,22-23,26-27H,11-18H2,1H3. The summed E-state index contributed by atoms with van der Waals surface area (Å²) in [6, 6.07) is 19.7. The molecule has 5 heteroatoms. The number of likely N-dealkylation sites (N-methyl/N-ethyl adjacent to an activating group) is 1. The molecule has 2 saturated heterocycles. The fourth-order valence-electron chi connectivity index (χ4n) is 5.56. The van der Waals surface area contributed by atoms with Crippen LogP contribution in [-0.2, 0) is 24.1 Å². The number of fused-ring (bicyclic) bond motifs is 2. The molecule has 3 aliphatic rings. The second-order valence-corrected chi connectivity index (χ2v) is 9.24. The highest BCUT2D eigenvalue weighted by Crippen LogP contribution is 2.37. The average Bonchev–Trinajstić information content (AvgIpc) is 3.42. The van der Waals surface area contributed by atoms with Crippen LogP contribution in [0.3, 0.4) is 0 Å². The fraction of sp³-hybridized carbons (Fsp3) is 0.480. The zero-order valence-electron chi connectivity index (χ0n) is 17.8. The average molecular weight is 405 g/mol. The zero-order valence-corrected chi connectivity index (χ0v) is 17.8. The number of rotatable bonds is 5. The first-order chi connectivity index (χ1) is 14.7. The molecule has 0 saturated carbocycles. The third-order valence-electron chi connectivity index (χ3n) is 7.46. The van der Waals surface area contributed by atoms with Gasteiger partial charge in [-0.1, -0.05) is 54.6 Å². The Morgan fingerprint density at radius 3 is 2.53 bits per heavy atom. The number of nitrogens with one attached hydrogen (secondary N) is 2. The number of hydrogen-bond acceptors (Lipinski definition) is 4. The molecule has 5 nitrogen and oxygen atoms in total. The third-order valence-corrected chi connectivity index (χ3v) is 7.46. The molecule has 2 aliphatic heterocycles. The van der Waals surface area contributed by atoms with E-state index in [0.29, 0.717) is 17.9 Å². The van der Waals surface area contributed by atoms with E-state index in [0.717, 1.165) is 51.9 Å². The Hall–Kier alpha value is -2.21. The van der Waals surface area contributed by atoms with E-state index in [-0.39, 0.29) is 0 Å². The van der Waals surface area contributed by atoms with Crippen LogP contribution in [0.4, 0.5) is 0 Å². The summed E-state index contributed by atoms with van der Waals surface area (Å²) in [6.07, 6.45) is 3.62. The molecule has 2 unspecified atom stereocenters. The summed E-state index contributed by atoms with van der Waals surface area (Å²) < 4.78 is 0. The molecular weight excluding hydrogens is 372 g/mol. The lowest BCUT2D eigenvalue weighted by Gasteiger charge is -2.44. The van der Waals surface area contributed by atoms with Crippen molar-refractivity contribution in [2.75, 3.05) is 33.2 Å². The highest BCUT2D eigenvalue weighted by molar-refractivity contribution is 5.88. The number of hydrazine groups is 1. The molecule has 2 fully saturated rings. The first kappa shape index (κ1) is 19.7. The van der Waals surface area contributed by atoms with E-state index >= 15 is 0 Å². The number of piperidine rings is 1. The highest BCUT2D eigenvalue weighted by atomic mass is 16.2. The first-order valence-electron chi connectivity index (χ1n) is 11.3. The molecule has 158 valence electrons. The van der Waals surface area contributed by atoms with Gasteiger partial charge in [-0.2, -0.15) is 0 Å². The van der Waals surface area contributed by atoms with Crippen LogP contribution in [0, 0.1) is 5.92 Å². The molecule has 0 radical (unpaired) electrons. The van der Waals surface area contributed by atoms with Crippen LogP contribution in [-0.4, -0.2) is 60.5 Å². The van der Waals surface area contributed by atoms with E-state index in [1.807, 2.05) is 0 Å². The van der Waals surface area contributed by atoms with Gasteiger partial charge in [0.05, 0.1) is 0 Å². The second kappa shape index (κ2) is 8.14. The Balaban J connectivity index is 1.38. The monoisotopic (exact) mass is 404 g/mol. The summed E-state index contributed by atoms with van der Waals surface area (Å²) in [4.78, 5) is 18.6. The van der Waals surface area contributed by atoms with Crippen molar-refractivity contribution in [2.24, 2.45) is 5.92 Å². The van der Waals surface area contributed by atoms with Gasteiger partial charge in [-0.15, -0.1) is 0 Å². The van der Waals surface area contributed by atoms with E-state index in [1.54, 1.807) is 0 Å². The van der Waals surface area contributed by atoms with E-state index in [9.17, 15) is 4.79 Å². The van der Waals surface area contributed by atoms with Gasteiger partial charge in [0.25, 0.3) is 0 Å². The fourth-order valence-corrected chi connectivity index (χ4v) is 5.56. The Labute approximate surface area is 179 Å². The summed E-state index contributed by atoms with van der Waals surface area (Å²) in [5.74, 6) is 0.831. The lowest BCUT2D eigenvalue weighted by Crippen LogP contribution is -2.62. The molecule has 2 heterocycles. The van der Waals surface area contributed by atoms with E-state index < -0.39 is 5.54 Å². The van der Waals surface area contributed by atoms with Gasteiger partial charge >= 0.3 is 0 Å². The van der Waals surface area contributed by atoms with Crippen molar-refractivity contribution in [1.29, 1.82) is 0 Å². The molecule has 2 atom stereocenters. The van der Waals surface area contributed by atoms with Gasteiger partial charge in [-0.3, -0.25) is 20.5 Å². The van der Waals surface area contributed by atoms with Gasteiger partial charge < -0.3 is 4.90 Å². The normalized spacial score (nSPS) is 24.7. The number of likely N-dealkylation sites (tertiary alicyclic amines) is 1. The maximum absolute atomic E-state index is 14.1. The number of carbonyl (C=O) groups is 1. The molecule has 2 N–H and O–H groups in total. The Morgan fingerprint density at radius 1 is 1.10 bits per heavy atom. The largest absolute Gasteiger partial charge is 0.341 e. The summed E-state index contributed by atoms with van der Waals surface area (Å²) in [6.45, 7) is 3.53. The number of hydrogen-bond donors (Lipinski definition) is 2. The smallest absolute Gasteiger partial charge is 0.243 e. The summed E-state index contributed by atoms with van der Waals surface area (Å²) >= 11 is 0. The van der Waals surface area contributed by atoms with Crippen LogP contribution >= 0.6 is 0 Å². The lowest BCUT2D eigenvalue weighted by atomic mass is 9.88. The number of benzene rings is 2. The number of nitrogens with zero attached hydrogens (tertiary/aromatic N) is 2. The van der Waals surface area contributed by atoms with Gasteiger partial charge in [0, 0.05) is 51.0 Å². The van der Waals surface area contributed by atoms with Crippen LogP contribution in [0.25, 0.3) is 0 Å². The van der Waals surface area contributed by atoms with Crippen molar-refractivity contribution < 1.29 is 4.79 Å². The van der Waals surface area contributed by atoms with Crippen LogP contribution < -0.4 is 10.9 Å². The molecule has 2 aromatic carbocycles. The van der Waals surface area contributed by atoms with Gasteiger partial charge in [0.2, 0.25) is 5.91 Å². The van der Waals surface area contributed by atoms with Crippen molar-refractivity contribution in [3.05, 3.63) is 71.3 Å². The second-order valence-electron chi connectivity index (χ2n) is 9.24. The van der Waals surface area contributed by atoms with E-state index in [4.69, 9.17) is 0 Å². The van der Waals surface area contributed by atoms with Crippen molar-refractivity contribution >= 4 is 5.91 Å².